The molecule has 45 heavy (non-hydrogen) atoms. The Morgan fingerprint density at radius 2 is 1.47 bits per heavy atom. The van der Waals surface area contributed by atoms with Crippen LogP contribution >= 0.6 is 11.6 Å². The molecule has 0 amide bonds. The molecule has 0 saturated carbocycles. The number of carbonyl (C=O) groups excluding carboxylic acids is 4. The summed E-state index contributed by atoms with van der Waals surface area (Å²) in [6.07, 6.45) is -2.23. The van der Waals surface area contributed by atoms with Crippen molar-refractivity contribution in [3.8, 4) is 5.75 Å². The van der Waals surface area contributed by atoms with Crippen LogP contribution < -0.4 is 10.3 Å². The normalized spacial score (nSPS) is 11.4. The molecule has 11 nitrogen and oxygen atoms in total. The Kier molecular flexibility index (Phi) is 10.5. The van der Waals surface area contributed by atoms with Crippen LogP contribution in [0.1, 0.15) is 61.3 Å². The first kappa shape index (κ1) is 33.0. The molecular weight excluding hydrogens is 602 g/mol. The van der Waals surface area contributed by atoms with E-state index < -0.39 is 53.3 Å². The van der Waals surface area contributed by atoms with Crippen molar-refractivity contribution in [2.24, 2.45) is 5.41 Å². The summed E-state index contributed by atoms with van der Waals surface area (Å²) in [6, 6.07) is 18.7. The quantitative estimate of drug-likeness (QED) is 0.0881. The standard InChI is InChI=1S/C33H32ClN3O8/c1-20(2)43-31(41)33(32(42)44-21(3)4,16-17-37-29(39)26-18-24(34)12-15-27(26)35-36-37)19-28(38)22-10-13-25(14-11-22)45-30(40)23-8-6-5-7-9-23/h5-15,18,20-21H,16-17,19H2,1-4H3. The largest absolute Gasteiger partial charge is 0.462 e. The van der Waals surface area contributed by atoms with Gasteiger partial charge in [-0.2, -0.15) is 0 Å². The lowest BCUT2D eigenvalue weighted by Crippen LogP contribution is -2.46. The number of hydrogen-bond donors (Lipinski definition) is 0. The summed E-state index contributed by atoms with van der Waals surface area (Å²) < 4.78 is 17.3. The molecule has 0 aliphatic heterocycles. The Morgan fingerprint density at radius 3 is 2.07 bits per heavy atom. The Balaban J connectivity index is 1.65. The van der Waals surface area contributed by atoms with E-state index in [0.717, 1.165) is 4.68 Å². The maximum absolute atomic E-state index is 13.7. The molecule has 0 saturated heterocycles. The van der Waals surface area contributed by atoms with Crippen LogP contribution in [-0.4, -0.2) is 50.9 Å². The number of aromatic nitrogens is 3. The third kappa shape index (κ3) is 7.98. The highest BCUT2D eigenvalue weighted by atomic mass is 35.5. The van der Waals surface area contributed by atoms with Gasteiger partial charge in [0.2, 0.25) is 0 Å². The van der Waals surface area contributed by atoms with Crippen LogP contribution in [0.5, 0.6) is 5.75 Å². The van der Waals surface area contributed by atoms with Crippen LogP contribution in [0.25, 0.3) is 10.9 Å². The second kappa shape index (κ2) is 14.3. The van der Waals surface area contributed by atoms with Gasteiger partial charge in [-0.15, -0.1) is 5.10 Å². The smallest absolute Gasteiger partial charge is 0.343 e. The number of hydrogen-bond acceptors (Lipinski definition) is 10. The molecule has 3 aromatic carbocycles. The first-order chi connectivity index (χ1) is 21.4. The molecule has 234 valence electrons. The van der Waals surface area contributed by atoms with Crippen molar-refractivity contribution in [2.45, 2.75) is 59.3 Å². The highest BCUT2D eigenvalue weighted by molar-refractivity contribution is 6.31. The van der Waals surface area contributed by atoms with Crippen molar-refractivity contribution in [2.75, 3.05) is 0 Å². The van der Waals surface area contributed by atoms with Crippen molar-refractivity contribution in [3.63, 3.8) is 0 Å². The fraction of sp³-hybridized carbons (Fsp3) is 0.303. The van der Waals surface area contributed by atoms with Gasteiger partial charge in [0.05, 0.1) is 23.2 Å². The predicted octanol–water partition coefficient (Wildman–Crippen LogP) is 5.22. The van der Waals surface area contributed by atoms with Gasteiger partial charge in [0.1, 0.15) is 11.3 Å². The molecule has 4 rings (SSSR count). The maximum Gasteiger partial charge on any atom is 0.343 e. The van der Waals surface area contributed by atoms with E-state index in [1.807, 2.05) is 0 Å². The van der Waals surface area contributed by atoms with Crippen LogP contribution in [0.2, 0.25) is 5.02 Å². The summed E-state index contributed by atoms with van der Waals surface area (Å²) in [4.78, 5) is 66.6. The number of halogens is 1. The van der Waals surface area contributed by atoms with Gasteiger partial charge in [0.25, 0.3) is 5.56 Å². The van der Waals surface area contributed by atoms with E-state index in [9.17, 15) is 24.0 Å². The van der Waals surface area contributed by atoms with Gasteiger partial charge in [0, 0.05) is 23.6 Å². The molecule has 12 heteroatoms. The molecule has 0 aliphatic rings. The van der Waals surface area contributed by atoms with Crippen LogP contribution in [-0.2, 0) is 25.6 Å². The number of fused-ring (bicyclic) bond motifs is 1. The zero-order valence-corrected chi connectivity index (χ0v) is 25.9. The van der Waals surface area contributed by atoms with Crippen LogP contribution in [0.4, 0.5) is 0 Å². The lowest BCUT2D eigenvalue weighted by atomic mass is 9.78. The maximum atomic E-state index is 13.7. The lowest BCUT2D eigenvalue weighted by Gasteiger charge is -2.30. The van der Waals surface area contributed by atoms with Gasteiger partial charge < -0.3 is 14.2 Å². The zero-order chi connectivity index (χ0) is 32.7. The first-order valence-corrected chi connectivity index (χ1v) is 14.6. The van der Waals surface area contributed by atoms with Gasteiger partial charge in [-0.1, -0.05) is 35.0 Å². The fourth-order valence-electron chi connectivity index (χ4n) is 4.49. The molecule has 0 atom stereocenters. The Morgan fingerprint density at radius 1 is 0.844 bits per heavy atom. The minimum atomic E-state index is -2.13. The van der Waals surface area contributed by atoms with E-state index >= 15 is 0 Å². The zero-order valence-electron chi connectivity index (χ0n) is 25.2. The third-order valence-corrected chi connectivity index (χ3v) is 6.99. The summed E-state index contributed by atoms with van der Waals surface area (Å²) in [7, 11) is 0. The van der Waals surface area contributed by atoms with E-state index in [2.05, 4.69) is 10.3 Å². The van der Waals surface area contributed by atoms with Crippen molar-refractivity contribution in [1.29, 1.82) is 0 Å². The molecule has 0 bridgehead atoms. The summed E-state index contributed by atoms with van der Waals surface area (Å²) >= 11 is 6.07. The van der Waals surface area contributed by atoms with E-state index in [1.165, 1.54) is 30.3 Å². The fourth-order valence-corrected chi connectivity index (χ4v) is 4.66. The molecule has 1 aromatic heterocycles. The van der Waals surface area contributed by atoms with Gasteiger partial charge in [-0.05, 0) is 88.7 Å². The van der Waals surface area contributed by atoms with Gasteiger partial charge in [0.15, 0.2) is 11.2 Å². The number of aryl methyl sites for hydroxylation is 1. The van der Waals surface area contributed by atoms with Crippen molar-refractivity contribution in [3.05, 3.63) is 99.3 Å². The number of nitrogens with zero attached hydrogens (tertiary/aromatic N) is 3. The van der Waals surface area contributed by atoms with E-state index in [-0.39, 0.29) is 29.7 Å². The number of ketones is 1. The molecule has 0 N–H and O–H groups in total. The number of esters is 3. The topological polar surface area (TPSA) is 144 Å². The SMILES string of the molecule is CC(C)OC(=O)C(CCn1nnc2ccc(Cl)cc2c1=O)(CC(=O)c1ccc(OC(=O)c2ccccc2)cc1)C(=O)OC(C)C. The van der Waals surface area contributed by atoms with Crippen molar-refractivity contribution in [1.82, 2.24) is 15.0 Å². The summed E-state index contributed by atoms with van der Waals surface area (Å²) in [5.74, 6) is -2.92. The number of Topliss-reactive ketones (excluding diaryl/α,β-unsaturated/α-hetero) is 1. The number of rotatable bonds is 12. The van der Waals surface area contributed by atoms with E-state index in [4.69, 9.17) is 25.8 Å². The van der Waals surface area contributed by atoms with Crippen LogP contribution in [0.3, 0.4) is 0 Å². The van der Waals surface area contributed by atoms with E-state index in [1.54, 1.807) is 70.2 Å². The summed E-state index contributed by atoms with van der Waals surface area (Å²) in [5.41, 5.74) is -1.86. The molecular formula is C33H32ClN3O8. The van der Waals surface area contributed by atoms with Gasteiger partial charge in [-0.25, -0.2) is 9.48 Å². The van der Waals surface area contributed by atoms with Crippen LogP contribution in [0.15, 0.2) is 77.6 Å². The number of benzene rings is 3. The van der Waals surface area contributed by atoms with Gasteiger partial charge >= 0.3 is 17.9 Å². The average molecular weight is 634 g/mol. The number of carbonyl (C=O) groups is 4. The van der Waals surface area contributed by atoms with Crippen molar-refractivity contribution < 1.29 is 33.4 Å². The Hall–Kier alpha value is -4.90. The average Bonchev–Trinajstić information content (AvgIpc) is 3.00. The Labute approximate surface area is 264 Å². The molecule has 0 fully saturated rings. The summed E-state index contributed by atoms with van der Waals surface area (Å²) in [5, 5.41) is 8.52. The lowest BCUT2D eigenvalue weighted by molar-refractivity contribution is -0.177. The molecule has 4 aromatic rings. The Bertz CT molecular complexity index is 1750. The van der Waals surface area contributed by atoms with Crippen molar-refractivity contribution >= 4 is 46.2 Å². The molecule has 0 spiro atoms. The predicted molar refractivity (Wildman–Crippen MR) is 165 cm³/mol. The second-order valence-electron chi connectivity index (χ2n) is 10.9. The molecule has 0 unspecified atom stereocenters. The third-order valence-electron chi connectivity index (χ3n) is 6.76. The monoisotopic (exact) mass is 633 g/mol. The minimum Gasteiger partial charge on any atom is -0.462 e. The molecule has 0 radical (unpaired) electrons. The molecule has 1 heterocycles. The minimum absolute atomic E-state index is 0.144. The van der Waals surface area contributed by atoms with Gasteiger partial charge in [-0.3, -0.25) is 19.2 Å². The second-order valence-corrected chi connectivity index (χ2v) is 11.3. The highest BCUT2D eigenvalue weighted by Gasteiger charge is 2.51. The summed E-state index contributed by atoms with van der Waals surface area (Å²) in [6.45, 7) is 6.16. The first-order valence-electron chi connectivity index (χ1n) is 14.3. The highest BCUT2D eigenvalue weighted by Crippen LogP contribution is 2.34. The van der Waals surface area contributed by atoms with Crippen LogP contribution in [0, 0.1) is 5.41 Å². The van der Waals surface area contributed by atoms with E-state index in [0.29, 0.717) is 16.1 Å². The number of ether oxygens (including phenoxy) is 3. The molecule has 0 aliphatic carbocycles.